The van der Waals surface area contributed by atoms with Gasteiger partial charge in [-0.05, 0) is 180 Å². The molecule has 0 amide bonds. The Bertz CT molecular complexity index is 4200. The molecule has 0 spiro atoms. The first kappa shape index (κ1) is 55.8. The molecule has 0 saturated heterocycles. The molecule has 11 heteroatoms. The quantitative estimate of drug-likeness (QED) is 0.164. The fourth-order valence-electron chi connectivity index (χ4n) is 10.0. The maximum atomic E-state index is 10.1. The first-order valence-electron chi connectivity index (χ1n) is 26.1. The number of benzene rings is 11. The second-order valence-corrected chi connectivity index (χ2v) is 22.0. The third-order valence-corrected chi connectivity index (χ3v) is 15.9. The predicted molar refractivity (Wildman–Crippen MR) is 344 cm³/mol. The maximum absolute atomic E-state index is 10.1. The predicted octanol–water partition coefficient (Wildman–Crippen LogP) is 23.2. The lowest BCUT2D eigenvalue weighted by Gasteiger charge is -2.12. The number of halogens is 6. The van der Waals surface area contributed by atoms with Gasteiger partial charge in [-0.2, -0.15) is 0 Å². The van der Waals surface area contributed by atoms with Crippen LogP contribution in [0.3, 0.4) is 0 Å². The molecule has 0 aliphatic rings. The molecule has 402 valence electrons. The van der Waals surface area contributed by atoms with Crippen LogP contribution in [0.1, 0.15) is 16.7 Å². The highest BCUT2D eigenvalue weighted by molar-refractivity contribution is 6.40. The Morgan fingerprint density at radius 1 is 0.317 bits per heavy atom. The summed E-state index contributed by atoms with van der Waals surface area (Å²) in [4.78, 5) is 9.64. The number of oxazole rings is 2. The first-order valence-corrected chi connectivity index (χ1v) is 28.4. The standard InChI is InChI=1S/2C26H17Cl2NO.C19H14Cl2O/c1-16-8-5-6-11-19(16)20-14-18(24-21(27)12-7-13-22(24)28)15-23-25(20)29-26(30-23)17-9-3-2-4-10-17;1-16-8-5-6-11-19(16)20-14-18(24-21(27)12-7-13-22(24)28)15-23-25(20)30-26(29-23)17-9-3-2-4-10-17;1-12-5-2-3-6-16(12)13-9-14(11-15(22)10-13)19-17(20)7-4-8-18(19)21/h2*2-15H,1H3;2-11,22H,1H3. The summed E-state index contributed by atoms with van der Waals surface area (Å²) in [5, 5.41) is 13.6. The summed E-state index contributed by atoms with van der Waals surface area (Å²) >= 11 is 38.6. The van der Waals surface area contributed by atoms with Gasteiger partial charge in [-0.15, -0.1) is 0 Å². The minimum atomic E-state index is 0.187. The molecule has 1 N–H and O–H groups in total. The van der Waals surface area contributed by atoms with Gasteiger partial charge in [0, 0.05) is 69.1 Å². The third-order valence-electron chi connectivity index (χ3n) is 14.0. The molecule has 0 atom stereocenters. The van der Waals surface area contributed by atoms with Crippen molar-refractivity contribution in [2.75, 3.05) is 0 Å². The van der Waals surface area contributed by atoms with E-state index >= 15 is 0 Å². The van der Waals surface area contributed by atoms with E-state index in [9.17, 15) is 5.11 Å². The van der Waals surface area contributed by atoms with Crippen molar-refractivity contribution in [1.82, 2.24) is 9.97 Å². The zero-order chi connectivity index (χ0) is 57.0. The highest BCUT2D eigenvalue weighted by atomic mass is 35.5. The van der Waals surface area contributed by atoms with Crippen LogP contribution in [0, 0.1) is 20.8 Å². The van der Waals surface area contributed by atoms with Crippen LogP contribution in [0.5, 0.6) is 5.75 Å². The lowest BCUT2D eigenvalue weighted by molar-refractivity contribution is 0.476. The van der Waals surface area contributed by atoms with E-state index in [0.29, 0.717) is 47.5 Å². The van der Waals surface area contributed by atoms with E-state index in [1.165, 1.54) is 0 Å². The number of fused-ring (bicyclic) bond motifs is 2. The number of aromatic hydroxyl groups is 1. The molecule has 0 aliphatic carbocycles. The lowest BCUT2D eigenvalue weighted by atomic mass is 9.95. The average molecular weight is 1190 g/mol. The Hall–Kier alpha value is -8.10. The van der Waals surface area contributed by atoms with E-state index in [1.807, 2.05) is 171 Å². The molecule has 2 aromatic heterocycles. The number of phenols is 1. The Balaban J connectivity index is 0.000000131. The van der Waals surface area contributed by atoms with Crippen LogP contribution < -0.4 is 0 Å². The monoisotopic (exact) mass is 1190 g/mol. The van der Waals surface area contributed by atoms with Gasteiger partial charge in [0.2, 0.25) is 11.8 Å². The molecule has 13 aromatic rings. The minimum absolute atomic E-state index is 0.187. The van der Waals surface area contributed by atoms with Crippen molar-refractivity contribution < 1.29 is 13.9 Å². The zero-order valence-corrected chi connectivity index (χ0v) is 48.9. The highest BCUT2D eigenvalue weighted by Gasteiger charge is 2.21. The highest BCUT2D eigenvalue weighted by Crippen LogP contribution is 2.44. The van der Waals surface area contributed by atoms with Crippen LogP contribution in [0.15, 0.2) is 239 Å². The third kappa shape index (κ3) is 11.8. The van der Waals surface area contributed by atoms with Gasteiger partial charge in [0.05, 0.1) is 0 Å². The summed E-state index contributed by atoms with van der Waals surface area (Å²) in [6.07, 6.45) is 0. The summed E-state index contributed by atoms with van der Waals surface area (Å²) in [7, 11) is 0. The molecule has 0 unspecified atom stereocenters. The van der Waals surface area contributed by atoms with E-state index in [1.54, 1.807) is 30.3 Å². The number of aromatic nitrogens is 2. The van der Waals surface area contributed by atoms with Crippen molar-refractivity contribution in [2.24, 2.45) is 0 Å². The number of rotatable bonds is 8. The van der Waals surface area contributed by atoms with E-state index < -0.39 is 0 Å². The van der Waals surface area contributed by atoms with Gasteiger partial charge in [-0.25, -0.2) is 9.97 Å². The molecule has 13 rings (SSSR count). The Morgan fingerprint density at radius 3 is 1.20 bits per heavy atom. The molecule has 5 nitrogen and oxygen atoms in total. The molecular formula is C71H48Cl6N2O3. The Kier molecular flexibility index (Phi) is 16.7. The largest absolute Gasteiger partial charge is 0.508 e. The SMILES string of the molecule is Cc1ccccc1-c1cc(-c2c(Cl)cccc2Cl)cc2nc(-c3ccccc3)oc12.Cc1ccccc1-c1cc(-c2c(Cl)cccc2Cl)cc2oc(-c3ccccc3)nc12.Cc1ccccc1-c1cc(O)cc(-c2c(Cl)cccc2Cl)c1. The normalized spacial score (nSPS) is 11.0. The molecule has 2 heterocycles. The molecule has 0 radical (unpaired) electrons. The van der Waals surface area contributed by atoms with E-state index in [2.05, 4.69) is 50.2 Å². The molecule has 0 fully saturated rings. The summed E-state index contributed by atoms with van der Waals surface area (Å²) in [5.74, 6) is 1.36. The lowest BCUT2D eigenvalue weighted by Crippen LogP contribution is -1.88. The molecule has 0 aliphatic heterocycles. The van der Waals surface area contributed by atoms with Crippen molar-refractivity contribution >= 4 is 91.8 Å². The average Bonchev–Trinajstić information content (AvgIpc) is 3.81. The van der Waals surface area contributed by atoms with Crippen molar-refractivity contribution in [3.63, 3.8) is 0 Å². The summed E-state index contributed by atoms with van der Waals surface area (Å²) < 4.78 is 12.5. The van der Waals surface area contributed by atoms with Crippen LogP contribution in [0.2, 0.25) is 30.1 Å². The van der Waals surface area contributed by atoms with Crippen LogP contribution in [0.4, 0.5) is 0 Å². The van der Waals surface area contributed by atoms with Crippen molar-refractivity contribution in [1.29, 1.82) is 0 Å². The topological polar surface area (TPSA) is 72.3 Å². The van der Waals surface area contributed by atoms with E-state index in [-0.39, 0.29) is 5.75 Å². The van der Waals surface area contributed by atoms with E-state index in [0.717, 1.165) is 111 Å². The maximum Gasteiger partial charge on any atom is 0.227 e. The smallest absolute Gasteiger partial charge is 0.227 e. The minimum Gasteiger partial charge on any atom is -0.508 e. The second-order valence-electron chi connectivity index (χ2n) is 19.5. The Morgan fingerprint density at radius 2 is 0.707 bits per heavy atom. The molecule has 82 heavy (non-hydrogen) atoms. The van der Waals surface area contributed by atoms with Gasteiger partial charge >= 0.3 is 0 Å². The van der Waals surface area contributed by atoms with Crippen LogP contribution >= 0.6 is 69.6 Å². The summed E-state index contributed by atoms with van der Waals surface area (Å²) in [6, 6.07) is 74.3. The molecule has 0 saturated carbocycles. The fourth-order valence-corrected chi connectivity index (χ4v) is 11.9. The second kappa shape index (κ2) is 24.5. The van der Waals surface area contributed by atoms with Gasteiger partial charge in [0.1, 0.15) is 16.8 Å². The summed E-state index contributed by atoms with van der Waals surface area (Å²) in [6.45, 7) is 6.22. The summed E-state index contributed by atoms with van der Waals surface area (Å²) in [5.41, 5.74) is 19.4. The fraction of sp³-hybridized carbons (Fsp3) is 0.0423. The van der Waals surface area contributed by atoms with Gasteiger partial charge in [-0.1, -0.05) is 197 Å². The van der Waals surface area contributed by atoms with Gasteiger partial charge in [0.25, 0.3) is 0 Å². The van der Waals surface area contributed by atoms with Crippen LogP contribution in [-0.2, 0) is 0 Å². The number of phenolic OH excluding ortho intramolecular Hbond substituents is 1. The number of nitrogens with zero attached hydrogens (tertiary/aromatic N) is 2. The van der Waals surface area contributed by atoms with Gasteiger partial charge < -0.3 is 13.9 Å². The van der Waals surface area contributed by atoms with Crippen molar-refractivity contribution in [2.45, 2.75) is 20.8 Å². The first-order chi connectivity index (χ1) is 39.8. The van der Waals surface area contributed by atoms with Gasteiger partial charge in [-0.3, -0.25) is 0 Å². The number of hydrogen-bond donors (Lipinski definition) is 1. The molecular weight excluding hydrogens is 1140 g/mol. The molecule has 0 bridgehead atoms. The van der Waals surface area contributed by atoms with Crippen molar-refractivity contribution in [3.05, 3.63) is 277 Å². The number of aryl methyl sites for hydroxylation is 3. The van der Waals surface area contributed by atoms with Gasteiger partial charge in [0.15, 0.2) is 11.2 Å². The van der Waals surface area contributed by atoms with Crippen LogP contribution in [0.25, 0.3) is 112 Å². The van der Waals surface area contributed by atoms with Crippen LogP contribution in [-0.4, -0.2) is 15.1 Å². The molecule has 11 aromatic carbocycles. The Labute approximate surface area is 505 Å². The number of hydrogen-bond acceptors (Lipinski definition) is 5. The van der Waals surface area contributed by atoms with Crippen molar-refractivity contribution in [3.8, 4) is 95.4 Å². The zero-order valence-electron chi connectivity index (χ0n) is 44.4. The van der Waals surface area contributed by atoms with E-state index in [4.69, 9.17) is 88.4 Å².